The fraction of sp³-hybridized carbons (Fsp3) is 0.133. The first-order chi connectivity index (χ1) is 19.4. The molecule has 4 aromatic carbocycles. The normalized spacial score (nSPS) is 10.8. The van der Waals surface area contributed by atoms with Crippen LogP contribution < -0.4 is 19.6 Å². The van der Waals surface area contributed by atoms with E-state index in [9.17, 15) is 14.9 Å². The molecule has 4 rings (SSSR count). The van der Waals surface area contributed by atoms with Crippen molar-refractivity contribution in [1.29, 1.82) is 0 Å². The lowest BCUT2D eigenvalue weighted by Crippen LogP contribution is -2.17. The standard InChI is InChI=1S/C30H26ClN3O6/c1-2-38-29-15-22(11-13-28(29)40-19-21-7-4-3-5-8-21)20-39-27-14-12-25(31)16-24(27)18-32-33-30(35)23-9-6-10-26(17-23)34(36)37/h3-18H,2,19-20H2,1H3,(H,33,35)/b32-18+. The maximum Gasteiger partial charge on any atom is 0.271 e. The molecule has 10 heteroatoms. The summed E-state index contributed by atoms with van der Waals surface area (Å²) in [7, 11) is 0. The zero-order chi connectivity index (χ0) is 28.3. The van der Waals surface area contributed by atoms with Gasteiger partial charge in [0.25, 0.3) is 11.6 Å². The van der Waals surface area contributed by atoms with Gasteiger partial charge in [0.15, 0.2) is 11.5 Å². The van der Waals surface area contributed by atoms with Crippen molar-refractivity contribution in [3.8, 4) is 17.2 Å². The fourth-order valence-corrected chi connectivity index (χ4v) is 3.84. The van der Waals surface area contributed by atoms with Gasteiger partial charge in [-0.1, -0.05) is 54.1 Å². The number of amides is 1. The van der Waals surface area contributed by atoms with Gasteiger partial charge in [-0.25, -0.2) is 5.43 Å². The lowest BCUT2D eigenvalue weighted by molar-refractivity contribution is -0.384. The molecule has 0 heterocycles. The minimum Gasteiger partial charge on any atom is -0.490 e. The molecule has 0 saturated heterocycles. The van der Waals surface area contributed by atoms with Gasteiger partial charge in [0.05, 0.1) is 17.7 Å². The molecular weight excluding hydrogens is 534 g/mol. The molecule has 0 atom stereocenters. The lowest BCUT2D eigenvalue weighted by Gasteiger charge is -2.14. The summed E-state index contributed by atoms with van der Waals surface area (Å²) in [5.41, 5.74) is 4.71. The Balaban J connectivity index is 1.42. The fourth-order valence-electron chi connectivity index (χ4n) is 3.66. The SMILES string of the molecule is CCOc1cc(COc2ccc(Cl)cc2/C=N/NC(=O)c2cccc([N+](=O)[O-])c2)ccc1OCc1ccccc1. The Hall–Kier alpha value is -4.89. The zero-order valence-corrected chi connectivity index (χ0v) is 22.3. The number of carbonyl (C=O) groups is 1. The van der Waals surface area contributed by atoms with Crippen molar-refractivity contribution in [1.82, 2.24) is 5.43 Å². The van der Waals surface area contributed by atoms with Crippen LogP contribution in [0.5, 0.6) is 17.2 Å². The van der Waals surface area contributed by atoms with Crippen LogP contribution in [0.2, 0.25) is 5.02 Å². The van der Waals surface area contributed by atoms with Crippen LogP contribution >= 0.6 is 11.6 Å². The molecule has 0 radical (unpaired) electrons. The third-order valence-corrected chi connectivity index (χ3v) is 5.84. The number of hydrogen-bond donors (Lipinski definition) is 1. The summed E-state index contributed by atoms with van der Waals surface area (Å²) in [6, 6.07) is 25.9. The number of ether oxygens (including phenoxy) is 3. The predicted molar refractivity (Wildman–Crippen MR) is 152 cm³/mol. The number of carbonyl (C=O) groups excluding carboxylic acids is 1. The molecule has 0 aliphatic carbocycles. The van der Waals surface area contributed by atoms with Crippen LogP contribution in [0.4, 0.5) is 5.69 Å². The van der Waals surface area contributed by atoms with Crippen molar-refractivity contribution in [3.05, 3.63) is 128 Å². The largest absolute Gasteiger partial charge is 0.490 e. The summed E-state index contributed by atoms with van der Waals surface area (Å²) in [5, 5.41) is 15.4. The minimum atomic E-state index is -0.595. The Labute approximate surface area is 236 Å². The molecule has 0 fully saturated rings. The summed E-state index contributed by atoms with van der Waals surface area (Å²) in [6.45, 7) is 3.02. The van der Waals surface area contributed by atoms with Crippen LogP contribution in [0.25, 0.3) is 0 Å². The van der Waals surface area contributed by atoms with Crippen LogP contribution in [-0.2, 0) is 13.2 Å². The second-order valence-electron chi connectivity index (χ2n) is 8.47. The number of nitrogens with zero attached hydrogens (tertiary/aromatic N) is 2. The summed E-state index contributed by atoms with van der Waals surface area (Å²) in [6.07, 6.45) is 1.39. The number of nitro groups is 1. The Bertz CT molecular complexity index is 1510. The van der Waals surface area contributed by atoms with Crippen molar-refractivity contribution in [2.24, 2.45) is 5.10 Å². The van der Waals surface area contributed by atoms with Crippen LogP contribution in [0.3, 0.4) is 0 Å². The quantitative estimate of drug-likeness (QED) is 0.119. The van der Waals surface area contributed by atoms with Crippen LogP contribution in [0, 0.1) is 10.1 Å². The molecule has 0 spiro atoms. The third-order valence-electron chi connectivity index (χ3n) is 5.60. The van der Waals surface area contributed by atoms with Gasteiger partial charge in [-0.3, -0.25) is 14.9 Å². The van der Waals surface area contributed by atoms with Gasteiger partial charge in [0.2, 0.25) is 0 Å². The van der Waals surface area contributed by atoms with Gasteiger partial charge in [-0.15, -0.1) is 0 Å². The van der Waals surface area contributed by atoms with Gasteiger partial charge in [0.1, 0.15) is 19.0 Å². The number of non-ortho nitro benzene ring substituents is 1. The van der Waals surface area contributed by atoms with E-state index >= 15 is 0 Å². The Kier molecular flexibility index (Phi) is 9.68. The number of hydrogen-bond acceptors (Lipinski definition) is 7. The highest BCUT2D eigenvalue weighted by Crippen LogP contribution is 2.30. The average molecular weight is 560 g/mol. The molecule has 9 nitrogen and oxygen atoms in total. The molecule has 40 heavy (non-hydrogen) atoms. The van der Waals surface area contributed by atoms with Gasteiger partial charge < -0.3 is 14.2 Å². The summed E-state index contributed by atoms with van der Waals surface area (Å²) in [5.74, 6) is 1.14. The van der Waals surface area contributed by atoms with Crippen LogP contribution in [-0.4, -0.2) is 23.7 Å². The molecule has 1 amide bonds. The van der Waals surface area contributed by atoms with Gasteiger partial charge >= 0.3 is 0 Å². The summed E-state index contributed by atoms with van der Waals surface area (Å²) < 4.78 is 17.8. The van der Waals surface area contributed by atoms with Crippen molar-refractivity contribution in [2.45, 2.75) is 20.1 Å². The van der Waals surface area contributed by atoms with Gasteiger partial charge in [-0.05, 0) is 54.4 Å². The highest BCUT2D eigenvalue weighted by atomic mass is 35.5. The third kappa shape index (κ3) is 7.81. The molecule has 4 aromatic rings. The monoisotopic (exact) mass is 559 g/mol. The first-order valence-corrected chi connectivity index (χ1v) is 12.7. The number of nitro benzene ring substituents is 1. The van der Waals surface area contributed by atoms with E-state index in [1.54, 1.807) is 18.2 Å². The van der Waals surface area contributed by atoms with Crippen molar-refractivity contribution in [3.63, 3.8) is 0 Å². The van der Waals surface area contributed by atoms with E-state index in [0.29, 0.717) is 41.0 Å². The highest BCUT2D eigenvalue weighted by molar-refractivity contribution is 6.30. The summed E-state index contributed by atoms with van der Waals surface area (Å²) >= 11 is 6.17. The molecule has 0 bridgehead atoms. The van der Waals surface area contributed by atoms with Gasteiger partial charge in [-0.2, -0.15) is 5.10 Å². The molecule has 1 N–H and O–H groups in total. The molecule has 0 aliphatic rings. The first kappa shape index (κ1) is 28.1. The van der Waals surface area contributed by atoms with E-state index in [1.807, 2.05) is 55.5 Å². The van der Waals surface area contributed by atoms with E-state index in [2.05, 4.69) is 10.5 Å². The van der Waals surface area contributed by atoms with Crippen LogP contribution in [0.1, 0.15) is 34.0 Å². The van der Waals surface area contributed by atoms with Crippen LogP contribution in [0.15, 0.2) is 96.1 Å². The van der Waals surface area contributed by atoms with E-state index < -0.39 is 10.8 Å². The zero-order valence-electron chi connectivity index (χ0n) is 21.6. The van der Waals surface area contributed by atoms with Gasteiger partial charge in [0, 0.05) is 28.3 Å². The Morgan fingerprint density at radius 2 is 1.62 bits per heavy atom. The van der Waals surface area contributed by atoms with Crippen molar-refractivity contribution < 1.29 is 23.9 Å². The maximum absolute atomic E-state index is 12.4. The molecule has 0 aromatic heterocycles. The highest BCUT2D eigenvalue weighted by Gasteiger charge is 2.12. The molecule has 204 valence electrons. The smallest absolute Gasteiger partial charge is 0.271 e. The number of benzene rings is 4. The predicted octanol–water partition coefficient (Wildman–Crippen LogP) is 6.57. The topological polar surface area (TPSA) is 112 Å². The average Bonchev–Trinajstić information content (AvgIpc) is 2.97. The van der Waals surface area contributed by atoms with E-state index in [1.165, 1.54) is 30.5 Å². The second-order valence-corrected chi connectivity index (χ2v) is 8.90. The van der Waals surface area contributed by atoms with E-state index in [-0.39, 0.29) is 17.9 Å². The van der Waals surface area contributed by atoms with E-state index in [4.69, 9.17) is 25.8 Å². The number of rotatable bonds is 12. The lowest BCUT2D eigenvalue weighted by atomic mass is 10.2. The van der Waals surface area contributed by atoms with Crippen molar-refractivity contribution >= 4 is 29.4 Å². The number of hydrazone groups is 1. The Morgan fingerprint density at radius 3 is 2.40 bits per heavy atom. The Morgan fingerprint density at radius 1 is 0.875 bits per heavy atom. The molecule has 0 unspecified atom stereocenters. The maximum atomic E-state index is 12.4. The summed E-state index contributed by atoms with van der Waals surface area (Å²) in [4.78, 5) is 22.8. The first-order valence-electron chi connectivity index (χ1n) is 12.4. The minimum absolute atomic E-state index is 0.107. The van der Waals surface area contributed by atoms with Crippen molar-refractivity contribution in [2.75, 3.05) is 6.61 Å². The number of nitrogens with one attached hydrogen (secondary N) is 1. The molecule has 0 saturated carbocycles. The number of halogens is 1. The molecular formula is C30H26ClN3O6. The molecule has 0 aliphatic heterocycles. The second kappa shape index (κ2) is 13.8. The van der Waals surface area contributed by atoms with E-state index in [0.717, 1.165) is 11.1 Å².